The monoisotopic (exact) mass is 287 g/mol. The minimum absolute atomic E-state index is 0.105. The lowest BCUT2D eigenvalue weighted by Crippen LogP contribution is -2.45. The fraction of sp³-hybridized carbons (Fsp3) is 0.833. The standard InChI is InChI=1S/C6H11IO5/c7-1-3(9)5(11)6(12)4(10)2-8/h2-6,9-12H,1H2/t3-,4+,5+,6-/m1/s1/i7-3. The summed E-state index contributed by atoms with van der Waals surface area (Å²) in [7, 11) is 0. The second-order valence-electron chi connectivity index (χ2n) is 2.33. The molecule has 0 bridgehead atoms. The van der Waals surface area contributed by atoms with Crippen molar-refractivity contribution in [2.75, 3.05) is 4.43 Å². The highest BCUT2D eigenvalue weighted by atomic mass is 124. The summed E-state index contributed by atoms with van der Waals surface area (Å²) in [6, 6.07) is 0. The second-order valence-corrected chi connectivity index (χ2v) is 3.21. The zero-order chi connectivity index (χ0) is 9.72. The van der Waals surface area contributed by atoms with Crippen molar-refractivity contribution in [3.05, 3.63) is 0 Å². The molecule has 0 aliphatic rings. The van der Waals surface area contributed by atoms with Gasteiger partial charge in [-0.1, -0.05) is 22.6 Å². The molecule has 0 heterocycles. The Morgan fingerprint density at radius 1 is 1.17 bits per heavy atom. The Hall–Kier alpha value is 0.240. The van der Waals surface area contributed by atoms with Gasteiger partial charge in [0.1, 0.15) is 18.3 Å². The van der Waals surface area contributed by atoms with Crippen LogP contribution in [0.2, 0.25) is 0 Å². The Morgan fingerprint density at radius 2 is 1.67 bits per heavy atom. The molecule has 72 valence electrons. The molecule has 0 rings (SSSR count). The molecular weight excluding hydrogens is 276 g/mol. The summed E-state index contributed by atoms with van der Waals surface area (Å²) in [6.45, 7) is 0. The van der Waals surface area contributed by atoms with E-state index in [1.165, 1.54) is 0 Å². The maximum absolute atomic E-state index is 9.96. The number of hydrogen-bond donors (Lipinski definition) is 4. The van der Waals surface area contributed by atoms with Crippen LogP contribution < -0.4 is 0 Å². The van der Waals surface area contributed by atoms with Gasteiger partial charge in [0.15, 0.2) is 6.29 Å². The van der Waals surface area contributed by atoms with Crippen molar-refractivity contribution in [2.24, 2.45) is 0 Å². The maximum atomic E-state index is 9.96. The Kier molecular flexibility index (Phi) is 5.93. The van der Waals surface area contributed by atoms with Crippen LogP contribution in [-0.2, 0) is 4.79 Å². The van der Waals surface area contributed by atoms with Crippen molar-refractivity contribution >= 4 is 28.9 Å². The first-order valence-corrected chi connectivity index (χ1v) is 4.80. The highest BCUT2D eigenvalue weighted by Crippen LogP contribution is 2.05. The largest absolute Gasteiger partial charge is 0.390 e. The van der Waals surface area contributed by atoms with Crippen molar-refractivity contribution in [1.29, 1.82) is 0 Å². The predicted molar refractivity (Wildman–Crippen MR) is 49.0 cm³/mol. The summed E-state index contributed by atoms with van der Waals surface area (Å²) in [4.78, 5) is 9.96. The van der Waals surface area contributed by atoms with E-state index in [9.17, 15) is 4.79 Å². The first-order valence-electron chi connectivity index (χ1n) is 3.28. The molecule has 0 radical (unpaired) electrons. The van der Waals surface area contributed by atoms with Crippen LogP contribution in [0.5, 0.6) is 0 Å². The summed E-state index contributed by atoms with van der Waals surface area (Å²) in [5.41, 5.74) is 0. The first-order chi connectivity index (χ1) is 5.54. The zero-order valence-electron chi connectivity index (χ0n) is 6.17. The van der Waals surface area contributed by atoms with E-state index in [4.69, 9.17) is 20.4 Å². The molecule has 0 aliphatic heterocycles. The van der Waals surface area contributed by atoms with Crippen molar-refractivity contribution in [3.63, 3.8) is 0 Å². The Morgan fingerprint density at radius 3 is 2.00 bits per heavy atom. The fourth-order valence-corrected chi connectivity index (χ4v) is 1.12. The second kappa shape index (κ2) is 5.81. The molecular formula is C6H11IO5. The zero-order valence-corrected chi connectivity index (χ0v) is 8.33. The maximum Gasteiger partial charge on any atom is 0.151 e. The highest BCUT2D eigenvalue weighted by molar-refractivity contribution is 14.1. The Labute approximate surface area is 83.2 Å². The molecule has 0 saturated heterocycles. The summed E-state index contributed by atoms with van der Waals surface area (Å²) in [6.07, 6.45) is -5.82. The Balaban J connectivity index is 4.07. The van der Waals surface area contributed by atoms with Gasteiger partial charge in [-0.05, 0) is 0 Å². The van der Waals surface area contributed by atoms with Crippen LogP contribution >= 0.6 is 22.6 Å². The van der Waals surface area contributed by atoms with Crippen molar-refractivity contribution in [3.8, 4) is 0 Å². The van der Waals surface area contributed by atoms with Crippen LogP contribution in [0, 0.1) is 0 Å². The number of aliphatic hydroxyl groups excluding tert-OH is 4. The number of hydrogen-bond acceptors (Lipinski definition) is 5. The van der Waals surface area contributed by atoms with E-state index in [0.717, 1.165) is 0 Å². The molecule has 0 fully saturated rings. The fourth-order valence-electron chi connectivity index (χ4n) is 0.601. The van der Waals surface area contributed by atoms with Gasteiger partial charge in [-0.2, -0.15) is 0 Å². The van der Waals surface area contributed by atoms with Crippen LogP contribution in [-0.4, -0.2) is 55.6 Å². The third kappa shape index (κ3) is 3.31. The van der Waals surface area contributed by atoms with Crippen LogP contribution in [0.25, 0.3) is 0 Å². The van der Waals surface area contributed by atoms with Gasteiger partial charge in [0.2, 0.25) is 0 Å². The first kappa shape index (κ1) is 12.2. The molecule has 0 aromatic heterocycles. The predicted octanol–water partition coefficient (Wildman–Crippen LogP) is -1.94. The summed E-state index contributed by atoms with van der Waals surface area (Å²) < 4.78 is 0.210. The molecule has 5 nitrogen and oxygen atoms in total. The van der Waals surface area contributed by atoms with Gasteiger partial charge < -0.3 is 25.2 Å². The number of alkyl halides is 1. The van der Waals surface area contributed by atoms with Crippen molar-refractivity contribution in [2.45, 2.75) is 24.4 Å². The number of rotatable bonds is 5. The van der Waals surface area contributed by atoms with E-state index in [2.05, 4.69) is 0 Å². The average Bonchev–Trinajstić information content (AvgIpc) is 2.12. The molecule has 0 aromatic carbocycles. The summed E-state index contributed by atoms with van der Waals surface area (Å²) in [5.74, 6) is 0. The molecule has 0 saturated carbocycles. The molecule has 6 heteroatoms. The van der Waals surface area contributed by atoms with Crippen LogP contribution in [0.3, 0.4) is 0 Å². The molecule has 0 aromatic rings. The van der Waals surface area contributed by atoms with Gasteiger partial charge in [-0.15, -0.1) is 0 Å². The number of halogens is 1. The molecule has 4 atom stereocenters. The topological polar surface area (TPSA) is 98.0 Å². The Bertz CT molecular complexity index is 142. The number of carbonyl (C=O) groups excluding carboxylic acids is 1. The molecule has 0 aliphatic carbocycles. The lowest BCUT2D eigenvalue weighted by atomic mass is 10.1. The molecule has 4 N–H and O–H groups in total. The smallest absolute Gasteiger partial charge is 0.151 e. The van der Waals surface area contributed by atoms with Gasteiger partial charge in [-0.3, -0.25) is 0 Å². The average molecular weight is 287 g/mol. The molecule has 0 amide bonds. The van der Waals surface area contributed by atoms with Crippen LogP contribution in [0.1, 0.15) is 0 Å². The lowest BCUT2D eigenvalue weighted by molar-refractivity contribution is -0.131. The van der Waals surface area contributed by atoms with Crippen molar-refractivity contribution in [1.82, 2.24) is 0 Å². The van der Waals surface area contributed by atoms with Gasteiger partial charge in [0.05, 0.1) is 6.10 Å². The van der Waals surface area contributed by atoms with Gasteiger partial charge >= 0.3 is 0 Å². The van der Waals surface area contributed by atoms with Crippen molar-refractivity contribution < 1.29 is 25.2 Å². The number of aldehydes is 1. The highest BCUT2D eigenvalue weighted by Gasteiger charge is 2.29. The van der Waals surface area contributed by atoms with Gasteiger partial charge in [0, 0.05) is 4.43 Å². The molecule has 0 spiro atoms. The van der Waals surface area contributed by atoms with Crippen LogP contribution in [0.4, 0.5) is 0 Å². The van der Waals surface area contributed by atoms with E-state index in [1.54, 1.807) is 22.6 Å². The normalized spacial score (nSPS) is 21.1. The number of carbonyl (C=O) groups is 1. The van der Waals surface area contributed by atoms with Gasteiger partial charge in [0.25, 0.3) is 0 Å². The van der Waals surface area contributed by atoms with E-state index in [-0.39, 0.29) is 10.7 Å². The third-order valence-corrected chi connectivity index (χ3v) is 2.29. The lowest BCUT2D eigenvalue weighted by Gasteiger charge is -2.22. The third-order valence-electron chi connectivity index (χ3n) is 1.39. The van der Waals surface area contributed by atoms with E-state index in [0.29, 0.717) is 0 Å². The van der Waals surface area contributed by atoms with E-state index in [1.807, 2.05) is 0 Å². The van der Waals surface area contributed by atoms with E-state index < -0.39 is 24.4 Å². The quantitative estimate of drug-likeness (QED) is 0.268. The van der Waals surface area contributed by atoms with Crippen LogP contribution in [0.15, 0.2) is 0 Å². The summed E-state index contributed by atoms with van der Waals surface area (Å²) >= 11 is 1.81. The minimum Gasteiger partial charge on any atom is -0.390 e. The molecule has 12 heavy (non-hydrogen) atoms. The van der Waals surface area contributed by atoms with E-state index >= 15 is 0 Å². The summed E-state index contributed by atoms with van der Waals surface area (Å²) in [5, 5.41) is 35.8. The van der Waals surface area contributed by atoms with Gasteiger partial charge in [-0.25, -0.2) is 0 Å². The SMILES string of the molecule is O=C[C@H](O)[C@@H](O)[C@@H](O)[C@H](O)C[124I]. The number of aliphatic hydroxyl groups is 4. The minimum atomic E-state index is -1.66. The molecule has 0 unspecified atom stereocenters.